The summed E-state index contributed by atoms with van der Waals surface area (Å²) in [6, 6.07) is 0. The minimum atomic E-state index is -0.0383. The Labute approximate surface area is 79.4 Å². The molecule has 0 spiro atoms. The maximum atomic E-state index is 11.7. The van der Waals surface area contributed by atoms with Crippen molar-refractivity contribution in [1.29, 1.82) is 0 Å². The number of rotatable bonds is 3. The summed E-state index contributed by atoms with van der Waals surface area (Å²) in [5.74, 6) is 0.439. The summed E-state index contributed by atoms with van der Waals surface area (Å²) in [4.78, 5) is 11.7. The van der Waals surface area contributed by atoms with Gasteiger partial charge in [0.05, 0.1) is 12.7 Å². The second-order valence-corrected chi connectivity index (χ2v) is 3.80. The number of carbonyl (C=O) groups excluding carboxylic acids is 1. The van der Waals surface area contributed by atoms with Crippen LogP contribution in [0.25, 0.3) is 0 Å². The number of carbonyl (C=O) groups is 1. The number of methoxy groups -OCH3 is 1. The highest BCUT2D eigenvalue weighted by molar-refractivity contribution is 5.83. The Balaban J connectivity index is 2.58. The van der Waals surface area contributed by atoms with Crippen LogP contribution in [0.2, 0.25) is 0 Å². The van der Waals surface area contributed by atoms with Crippen LogP contribution in [-0.2, 0) is 14.3 Å². The van der Waals surface area contributed by atoms with E-state index >= 15 is 0 Å². The van der Waals surface area contributed by atoms with Crippen molar-refractivity contribution < 1.29 is 14.3 Å². The quantitative estimate of drug-likeness (QED) is 0.665. The third-order valence-corrected chi connectivity index (χ3v) is 2.54. The minimum absolute atomic E-state index is 0.0383. The molecule has 3 nitrogen and oxygen atoms in total. The summed E-state index contributed by atoms with van der Waals surface area (Å²) in [5.41, 5.74) is 0. The normalized spacial score (nSPS) is 29.2. The summed E-state index contributed by atoms with van der Waals surface area (Å²) in [6.07, 6.45) is 0.763. The van der Waals surface area contributed by atoms with E-state index in [9.17, 15) is 4.79 Å². The van der Waals surface area contributed by atoms with Gasteiger partial charge in [0, 0.05) is 25.6 Å². The smallest absolute Gasteiger partial charge is 0.141 e. The van der Waals surface area contributed by atoms with Crippen LogP contribution in [0, 0.1) is 11.8 Å². The second-order valence-electron chi connectivity index (χ2n) is 3.80. The van der Waals surface area contributed by atoms with Gasteiger partial charge in [-0.2, -0.15) is 0 Å². The van der Waals surface area contributed by atoms with Crippen molar-refractivity contribution in [2.45, 2.75) is 26.4 Å². The third-order valence-electron chi connectivity index (χ3n) is 2.54. The second kappa shape index (κ2) is 4.72. The fourth-order valence-corrected chi connectivity index (χ4v) is 1.70. The number of hydrogen-bond donors (Lipinski definition) is 0. The molecule has 13 heavy (non-hydrogen) atoms. The molecule has 2 atom stereocenters. The molecular formula is C10H18O3. The molecule has 2 unspecified atom stereocenters. The number of Topliss-reactive ketones (excluding diaryl/α,β-unsaturated/α-hetero) is 1. The highest BCUT2D eigenvalue weighted by Crippen LogP contribution is 2.21. The van der Waals surface area contributed by atoms with Gasteiger partial charge in [-0.1, -0.05) is 13.8 Å². The lowest BCUT2D eigenvalue weighted by Gasteiger charge is -2.30. The van der Waals surface area contributed by atoms with Crippen molar-refractivity contribution in [2.75, 3.05) is 20.3 Å². The summed E-state index contributed by atoms with van der Waals surface area (Å²) >= 11 is 0. The molecule has 0 aromatic heterocycles. The average Bonchev–Trinajstić information content (AvgIpc) is 2.16. The number of hydrogen-bond acceptors (Lipinski definition) is 3. The first-order chi connectivity index (χ1) is 6.16. The van der Waals surface area contributed by atoms with Gasteiger partial charge in [0.15, 0.2) is 0 Å². The van der Waals surface area contributed by atoms with Crippen molar-refractivity contribution in [3.63, 3.8) is 0 Å². The molecule has 3 heteroatoms. The number of ketones is 1. The van der Waals surface area contributed by atoms with Gasteiger partial charge in [-0.25, -0.2) is 0 Å². The highest BCUT2D eigenvalue weighted by Gasteiger charge is 2.32. The first-order valence-corrected chi connectivity index (χ1v) is 4.81. The van der Waals surface area contributed by atoms with E-state index in [-0.39, 0.29) is 17.9 Å². The number of ether oxygens (including phenoxy) is 2. The van der Waals surface area contributed by atoms with Gasteiger partial charge in [-0.3, -0.25) is 4.79 Å². The van der Waals surface area contributed by atoms with E-state index in [1.165, 1.54) is 0 Å². The molecule has 0 amide bonds. The standard InChI is InChI=1S/C10H18O3/c1-7(2)10(11)8-4-5-13-6-9(8)12-3/h7-9H,4-6H2,1-3H3. The van der Waals surface area contributed by atoms with E-state index in [1.54, 1.807) is 7.11 Å². The van der Waals surface area contributed by atoms with Crippen LogP contribution in [0.4, 0.5) is 0 Å². The van der Waals surface area contributed by atoms with Gasteiger partial charge in [0.25, 0.3) is 0 Å². The lowest BCUT2D eigenvalue weighted by molar-refractivity contribution is -0.138. The van der Waals surface area contributed by atoms with Gasteiger partial charge < -0.3 is 9.47 Å². The van der Waals surface area contributed by atoms with E-state index in [0.717, 1.165) is 6.42 Å². The molecular weight excluding hydrogens is 168 g/mol. The Hall–Kier alpha value is -0.410. The van der Waals surface area contributed by atoms with Crippen LogP contribution in [0.1, 0.15) is 20.3 Å². The Morgan fingerprint density at radius 1 is 1.54 bits per heavy atom. The Kier molecular flexibility index (Phi) is 3.88. The molecule has 0 N–H and O–H groups in total. The van der Waals surface area contributed by atoms with Gasteiger partial charge in [0.1, 0.15) is 5.78 Å². The van der Waals surface area contributed by atoms with Crippen molar-refractivity contribution in [2.24, 2.45) is 11.8 Å². The Morgan fingerprint density at radius 2 is 2.23 bits per heavy atom. The van der Waals surface area contributed by atoms with Gasteiger partial charge >= 0.3 is 0 Å². The molecule has 0 aromatic rings. The van der Waals surface area contributed by atoms with Crippen LogP contribution in [0.3, 0.4) is 0 Å². The van der Waals surface area contributed by atoms with Crippen molar-refractivity contribution in [3.8, 4) is 0 Å². The van der Waals surface area contributed by atoms with E-state index in [2.05, 4.69) is 0 Å². The summed E-state index contributed by atoms with van der Waals surface area (Å²) in [5, 5.41) is 0. The first kappa shape index (κ1) is 10.7. The molecule has 76 valence electrons. The zero-order valence-electron chi connectivity index (χ0n) is 8.58. The summed E-state index contributed by atoms with van der Waals surface area (Å²) in [6.45, 7) is 5.11. The van der Waals surface area contributed by atoms with Gasteiger partial charge in [-0.15, -0.1) is 0 Å². The summed E-state index contributed by atoms with van der Waals surface area (Å²) < 4.78 is 10.5. The largest absolute Gasteiger partial charge is 0.379 e. The molecule has 1 aliphatic rings. The lowest BCUT2D eigenvalue weighted by Crippen LogP contribution is -2.40. The predicted octanol–water partition coefficient (Wildman–Crippen LogP) is 1.26. The van der Waals surface area contributed by atoms with Crippen LogP contribution in [0.15, 0.2) is 0 Å². The molecule has 0 saturated carbocycles. The molecule has 1 heterocycles. The van der Waals surface area contributed by atoms with Crippen molar-refractivity contribution in [1.82, 2.24) is 0 Å². The molecule has 1 aliphatic heterocycles. The van der Waals surface area contributed by atoms with Crippen LogP contribution < -0.4 is 0 Å². The van der Waals surface area contributed by atoms with Gasteiger partial charge in [-0.05, 0) is 6.42 Å². The fraction of sp³-hybridized carbons (Fsp3) is 0.900. The Morgan fingerprint density at radius 3 is 2.77 bits per heavy atom. The van der Waals surface area contributed by atoms with Gasteiger partial charge in [0.2, 0.25) is 0 Å². The van der Waals surface area contributed by atoms with E-state index in [1.807, 2.05) is 13.8 Å². The molecule has 0 aliphatic carbocycles. The Bertz CT molecular complexity index is 177. The van der Waals surface area contributed by atoms with Crippen molar-refractivity contribution in [3.05, 3.63) is 0 Å². The summed E-state index contributed by atoms with van der Waals surface area (Å²) in [7, 11) is 1.64. The highest BCUT2D eigenvalue weighted by atomic mass is 16.5. The monoisotopic (exact) mass is 186 g/mol. The maximum Gasteiger partial charge on any atom is 0.141 e. The zero-order valence-corrected chi connectivity index (χ0v) is 8.58. The molecule has 1 fully saturated rings. The van der Waals surface area contributed by atoms with E-state index in [4.69, 9.17) is 9.47 Å². The fourth-order valence-electron chi connectivity index (χ4n) is 1.70. The van der Waals surface area contributed by atoms with Crippen LogP contribution >= 0.6 is 0 Å². The topological polar surface area (TPSA) is 35.5 Å². The molecule has 0 radical (unpaired) electrons. The predicted molar refractivity (Wildman–Crippen MR) is 49.6 cm³/mol. The molecule has 0 aromatic carbocycles. The van der Waals surface area contributed by atoms with Crippen LogP contribution in [0.5, 0.6) is 0 Å². The lowest BCUT2D eigenvalue weighted by atomic mass is 9.87. The molecule has 1 saturated heterocycles. The minimum Gasteiger partial charge on any atom is -0.379 e. The van der Waals surface area contributed by atoms with Crippen LogP contribution in [-0.4, -0.2) is 32.2 Å². The average molecular weight is 186 g/mol. The zero-order chi connectivity index (χ0) is 9.84. The molecule has 0 bridgehead atoms. The third kappa shape index (κ3) is 2.51. The maximum absolute atomic E-state index is 11.7. The van der Waals surface area contributed by atoms with E-state index in [0.29, 0.717) is 19.0 Å². The first-order valence-electron chi connectivity index (χ1n) is 4.81. The molecule has 1 rings (SSSR count). The SMILES string of the molecule is COC1COCCC1C(=O)C(C)C. The van der Waals surface area contributed by atoms with E-state index < -0.39 is 0 Å². The van der Waals surface area contributed by atoms with Crippen molar-refractivity contribution >= 4 is 5.78 Å².